The summed E-state index contributed by atoms with van der Waals surface area (Å²) in [6, 6.07) is 0. The number of nitrogens with zero attached hydrogens (tertiary/aromatic N) is 4. The summed E-state index contributed by atoms with van der Waals surface area (Å²) in [7, 11) is 3.74. The van der Waals surface area contributed by atoms with Crippen LogP contribution in [0.3, 0.4) is 0 Å². The highest BCUT2D eigenvalue weighted by Crippen LogP contribution is 2.30. The van der Waals surface area contributed by atoms with E-state index in [0.717, 1.165) is 32.8 Å². The van der Waals surface area contributed by atoms with E-state index in [1.165, 1.54) is 0 Å². The van der Waals surface area contributed by atoms with Crippen LogP contribution < -0.4 is 5.32 Å². The fourth-order valence-electron chi connectivity index (χ4n) is 2.59. The van der Waals surface area contributed by atoms with Gasteiger partial charge in [0.15, 0.2) is 5.09 Å². The van der Waals surface area contributed by atoms with Gasteiger partial charge in [-0.25, -0.2) is 10.0 Å². The molecule has 0 bridgehead atoms. The van der Waals surface area contributed by atoms with Gasteiger partial charge in [-0.3, -0.25) is 15.0 Å². The molecule has 0 aromatic heterocycles. The molecule has 3 aliphatic heterocycles. The minimum Gasteiger partial charge on any atom is -0.490 e. The van der Waals surface area contributed by atoms with Crippen molar-refractivity contribution in [1.82, 2.24) is 25.1 Å². The van der Waals surface area contributed by atoms with Crippen LogP contribution in [-0.4, -0.2) is 84.9 Å². The van der Waals surface area contributed by atoms with Crippen LogP contribution in [0, 0.1) is 0 Å². The van der Waals surface area contributed by atoms with Crippen LogP contribution in [0.15, 0.2) is 11.2 Å². The maximum absolute atomic E-state index is 12.1. The predicted molar refractivity (Wildman–Crippen MR) is 77.1 cm³/mol. The number of hydrazine groups is 1. The topological polar surface area (TPSA) is 51.3 Å². The van der Waals surface area contributed by atoms with Crippen LogP contribution in [0.2, 0.25) is 0 Å². The van der Waals surface area contributed by atoms with Gasteiger partial charge < -0.3 is 9.64 Å². The Balaban J connectivity index is 1.63. The summed E-state index contributed by atoms with van der Waals surface area (Å²) in [4.78, 5) is 16.3. The molecule has 1 N–H and O–H groups in total. The summed E-state index contributed by atoms with van der Waals surface area (Å²) < 4.78 is 5.17. The van der Waals surface area contributed by atoms with E-state index in [2.05, 4.69) is 27.3 Å². The Hall–Kier alpha value is -0.800. The number of thioether (sulfide) groups is 1. The molecule has 0 aromatic rings. The predicted octanol–water partition coefficient (Wildman–Crippen LogP) is -0.684. The van der Waals surface area contributed by atoms with Gasteiger partial charge in [0.25, 0.3) is 5.91 Å². The standard InChI is InChI=1S/C12H21N5O2S/c1-14-3-5-15(6-4-14)16-8-13-12-17(9-16)10(18)7-11(19-2)20-12/h7,12-13H,3-6,8-9H2,1-2H3/t12-/m1/s1. The quantitative estimate of drug-likeness (QED) is 0.725. The minimum atomic E-state index is -0.0221. The van der Waals surface area contributed by atoms with E-state index in [9.17, 15) is 4.79 Å². The van der Waals surface area contributed by atoms with Gasteiger partial charge in [0, 0.05) is 26.2 Å². The van der Waals surface area contributed by atoms with Crippen molar-refractivity contribution in [2.24, 2.45) is 0 Å². The summed E-state index contributed by atoms with van der Waals surface area (Å²) in [5, 5.41) is 8.62. The summed E-state index contributed by atoms with van der Waals surface area (Å²) >= 11 is 1.55. The van der Waals surface area contributed by atoms with Gasteiger partial charge in [-0.2, -0.15) is 0 Å². The molecule has 1 amide bonds. The summed E-state index contributed by atoms with van der Waals surface area (Å²) in [6.45, 7) is 5.56. The van der Waals surface area contributed by atoms with E-state index in [0.29, 0.717) is 11.8 Å². The van der Waals surface area contributed by atoms with Crippen molar-refractivity contribution in [3.8, 4) is 0 Å². The van der Waals surface area contributed by atoms with Crippen molar-refractivity contribution in [3.63, 3.8) is 0 Å². The molecule has 0 spiro atoms. The molecular formula is C12H21N5O2S. The first kappa shape index (κ1) is 14.2. The van der Waals surface area contributed by atoms with Crippen molar-refractivity contribution < 1.29 is 9.53 Å². The number of rotatable bonds is 2. The summed E-state index contributed by atoms with van der Waals surface area (Å²) in [5.41, 5.74) is -0.0221. The van der Waals surface area contributed by atoms with Crippen LogP contribution in [-0.2, 0) is 9.53 Å². The second-order valence-electron chi connectivity index (χ2n) is 5.21. The zero-order chi connectivity index (χ0) is 14.1. The van der Waals surface area contributed by atoms with Gasteiger partial charge in [-0.1, -0.05) is 0 Å². The number of fused-ring (bicyclic) bond motifs is 1. The number of carbonyl (C=O) groups excluding carboxylic acids is 1. The minimum absolute atomic E-state index is 0.0110. The van der Waals surface area contributed by atoms with Gasteiger partial charge in [0.1, 0.15) is 5.50 Å². The third-order valence-corrected chi connectivity index (χ3v) is 5.04. The molecule has 0 unspecified atom stereocenters. The van der Waals surface area contributed by atoms with Gasteiger partial charge >= 0.3 is 0 Å². The third-order valence-electron chi connectivity index (χ3n) is 3.88. The van der Waals surface area contributed by atoms with Crippen molar-refractivity contribution >= 4 is 17.7 Å². The molecular weight excluding hydrogens is 278 g/mol. The van der Waals surface area contributed by atoms with Gasteiger partial charge in [0.05, 0.1) is 26.5 Å². The fourth-order valence-corrected chi connectivity index (χ4v) is 3.53. The van der Waals surface area contributed by atoms with E-state index in [-0.39, 0.29) is 11.4 Å². The Labute approximate surface area is 123 Å². The number of hydrogen-bond acceptors (Lipinski definition) is 7. The average molecular weight is 299 g/mol. The molecule has 0 aromatic carbocycles. The average Bonchev–Trinajstić information content (AvgIpc) is 2.47. The van der Waals surface area contributed by atoms with E-state index >= 15 is 0 Å². The highest BCUT2D eigenvalue weighted by Gasteiger charge is 2.36. The molecule has 3 heterocycles. The maximum Gasteiger partial charge on any atom is 0.253 e. The lowest BCUT2D eigenvalue weighted by atomic mass is 10.4. The number of nitrogens with one attached hydrogen (secondary N) is 1. The third kappa shape index (κ3) is 2.79. The molecule has 7 nitrogen and oxygen atoms in total. The van der Waals surface area contributed by atoms with E-state index in [1.54, 1.807) is 24.9 Å². The number of amides is 1. The maximum atomic E-state index is 12.1. The first-order valence-corrected chi connectivity index (χ1v) is 7.70. The van der Waals surface area contributed by atoms with Crippen molar-refractivity contribution in [1.29, 1.82) is 0 Å². The smallest absolute Gasteiger partial charge is 0.253 e. The monoisotopic (exact) mass is 299 g/mol. The lowest BCUT2D eigenvalue weighted by molar-refractivity contribution is -0.149. The van der Waals surface area contributed by atoms with E-state index in [1.807, 2.05) is 4.90 Å². The molecule has 20 heavy (non-hydrogen) atoms. The Bertz CT molecular complexity index is 411. The number of methoxy groups -OCH3 is 1. The largest absolute Gasteiger partial charge is 0.490 e. The lowest BCUT2D eigenvalue weighted by Crippen LogP contribution is -2.66. The summed E-state index contributed by atoms with van der Waals surface area (Å²) in [5.74, 6) is 0.0110. The SMILES string of the molecule is COC1=CC(=O)N2CN(N3CCN(C)CC3)CN[C@H]2S1. The van der Waals surface area contributed by atoms with Crippen molar-refractivity contribution in [2.45, 2.75) is 5.50 Å². The van der Waals surface area contributed by atoms with Gasteiger partial charge in [0.2, 0.25) is 0 Å². The molecule has 2 fully saturated rings. The molecule has 0 aliphatic carbocycles. The Morgan fingerprint density at radius 1 is 1.30 bits per heavy atom. The molecule has 8 heteroatoms. The lowest BCUT2D eigenvalue weighted by Gasteiger charge is -2.48. The van der Waals surface area contributed by atoms with Gasteiger partial charge in [-0.05, 0) is 18.8 Å². The molecule has 3 aliphatic rings. The summed E-state index contributed by atoms with van der Waals surface area (Å²) in [6.07, 6.45) is 1.57. The highest BCUT2D eigenvalue weighted by molar-refractivity contribution is 8.03. The molecule has 1 atom stereocenters. The number of likely N-dealkylation sites (N-methyl/N-ethyl adjacent to an activating group) is 1. The van der Waals surface area contributed by atoms with Crippen molar-refractivity contribution in [3.05, 3.63) is 11.2 Å². The Morgan fingerprint density at radius 2 is 2.05 bits per heavy atom. The number of hydrogen-bond donors (Lipinski definition) is 1. The number of carbonyl (C=O) groups is 1. The van der Waals surface area contributed by atoms with Crippen LogP contribution in [0.4, 0.5) is 0 Å². The molecule has 0 radical (unpaired) electrons. The normalized spacial score (nSPS) is 30.1. The first-order valence-electron chi connectivity index (χ1n) is 6.82. The van der Waals surface area contributed by atoms with Crippen LogP contribution in [0.1, 0.15) is 0 Å². The van der Waals surface area contributed by atoms with E-state index in [4.69, 9.17) is 4.74 Å². The molecule has 0 saturated carbocycles. The van der Waals surface area contributed by atoms with Crippen LogP contribution in [0.25, 0.3) is 0 Å². The first-order chi connectivity index (χ1) is 9.67. The van der Waals surface area contributed by atoms with Crippen LogP contribution in [0.5, 0.6) is 0 Å². The second-order valence-corrected chi connectivity index (χ2v) is 6.30. The number of ether oxygens (including phenoxy) is 1. The van der Waals surface area contributed by atoms with Crippen molar-refractivity contribution in [2.75, 3.05) is 53.7 Å². The van der Waals surface area contributed by atoms with Crippen LogP contribution >= 0.6 is 11.8 Å². The zero-order valence-electron chi connectivity index (χ0n) is 11.9. The fraction of sp³-hybridized carbons (Fsp3) is 0.750. The Kier molecular flexibility index (Phi) is 4.18. The Morgan fingerprint density at radius 3 is 2.75 bits per heavy atom. The number of piperazine rings is 1. The highest BCUT2D eigenvalue weighted by atomic mass is 32.2. The molecule has 112 valence electrons. The molecule has 3 rings (SSSR count). The molecule has 2 saturated heterocycles. The van der Waals surface area contributed by atoms with E-state index < -0.39 is 0 Å². The van der Waals surface area contributed by atoms with Gasteiger partial charge in [-0.15, -0.1) is 0 Å². The second kappa shape index (κ2) is 5.90. The zero-order valence-corrected chi connectivity index (χ0v) is 12.7.